The number of hydrogen-bond acceptors (Lipinski definition) is 6. The Balaban J connectivity index is 1.72. The molecule has 2 aromatic rings. The number of carbonyl (C=O) groups is 2. The van der Waals surface area contributed by atoms with Crippen LogP contribution in [-0.4, -0.2) is 30.0 Å². The van der Waals surface area contributed by atoms with Crippen molar-refractivity contribution < 1.29 is 24.0 Å². The number of nitrogens with zero attached hydrogens (tertiary/aromatic N) is 1. The minimum atomic E-state index is -0.596. The molecule has 2 N–H and O–H groups in total. The summed E-state index contributed by atoms with van der Waals surface area (Å²) in [7, 11) is 0. The number of rotatable bonds is 9. The molecular formula is C20H22BrN3O6. The highest BCUT2D eigenvalue weighted by molar-refractivity contribution is 9.10. The lowest BCUT2D eigenvalue weighted by atomic mass is 9.99. The van der Waals surface area contributed by atoms with Crippen molar-refractivity contribution in [1.82, 2.24) is 10.9 Å². The van der Waals surface area contributed by atoms with Crippen LogP contribution in [0, 0.1) is 10.1 Å². The Kier molecular flexibility index (Phi) is 8.60. The molecule has 160 valence electrons. The smallest absolute Gasteiger partial charge is 0.276 e. The second-order valence-corrected chi connectivity index (χ2v) is 7.28. The van der Waals surface area contributed by atoms with Crippen LogP contribution in [0.1, 0.15) is 31.7 Å². The van der Waals surface area contributed by atoms with Crippen molar-refractivity contribution in [2.45, 2.75) is 26.2 Å². The number of benzene rings is 2. The SMILES string of the molecule is CCC(C)c1ccc(OCC(=O)NNC(=O)COc2ccc([N+](=O)[O-])cc2)c(Br)c1. The molecule has 0 aliphatic rings. The number of carbonyl (C=O) groups excluding carboxylic acids is 2. The molecule has 0 radical (unpaired) electrons. The fraction of sp³-hybridized carbons (Fsp3) is 0.300. The summed E-state index contributed by atoms with van der Waals surface area (Å²) in [6.07, 6.45) is 1.02. The number of amides is 2. The van der Waals surface area contributed by atoms with Gasteiger partial charge in [0, 0.05) is 12.1 Å². The molecule has 2 amide bonds. The Bertz CT molecular complexity index is 904. The van der Waals surface area contributed by atoms with Gasteiger partial charge in [-0.1, -0.05) is 19.9 Å². The Hall–Kier alpha value is -3.14. The lowest BCUT2D eigenvalue weighted by Gasteiger charge is -2.13. The highest BCUT2D eigenvalue weighted by Crippen LogP contribution is 2.30. The zero-order valence-electron chi connectivity index (χ0n) is 16.5. The summed E-state index contributed by atoms with van der Waals surface area (Å²) in [5, 5.41) is 10.6. The Morgan fingerprint density at radius 1 is 1.07 bits per heavy atom. The highest BCUT2D eigenvalue weighted by atomic mass is 79.9. The van der Waals surface area contributed by atoms with Gasteiger partial charge in [-0.05, 0) is 58.1 Å². The number of nitro groups is 1. The first kappa shape index (κ1) is 23.1. The number of halogens is 1. The monoisotopic (exact) mass is 479 g/mol. The van der Waals surface area contributed by atoms with E-state index in [1.807, 2.05) is 12.1 Å². The second kappa shape index (κ2) is 11.1. The minimum absolute atomic E-state index is 0.0831. The Morgan fingerprint density at radius 2 is 1.67 bits per heavy atom. The molecule has 0 fully saturated rings. The maximum absolute atomic E-state index is 11.9. The molecule has 0 aromatic heterocycles. The summed E-state index contributed by atoms with van der Waals surface area (Å²) >= 11 is 3.43. The number of ether oxygens (including phenoxy) is 2. The van der Waals surface area contributed by atoms with Gasteiger partial charge in [0.15, 0.2) is 13.2 Å². The zero-order chi connectivity index (χ0) is 22.1. The topological polar surface area (TPSA) is 120 Å². The first-order chi connectivity index (χ1) is 14.3. The van der Waals surface area contributed by atoms with Gasteiger partial charge in [0.2, 0.25) is 0 Å². The van der Waals surface area contributed by atoms with E-state index >= 15 is 0 Å². The zero-order valence-corrected chi connectivity index (χ0v) is 18.1. The van der Waals surface area contributed by atoms with Crippen molar-refractivity contribution in [1.29, 1.82) is 0 Å². The maximum atomic E-state index is 11.9. The van der Waals surface area contributed by atoms with E-state index in [1.165, 1.54) is 29.8 Å². The van der Waals surface area contributed by atoms with Crippen LogP contribution in [0.3, 0.4) is 0 Å². The predicted molar refractivity (Wildman–Crippen MR) is 113 cm³/mol. The van der Waals surface area contributed by atoms with Crippen LogP contribution in [0.5, 0.6) is 11.5 Å². The number of non-ortho nitro benzene ring substituents is 1. The third kappa shape index (κ3) is 7.03. The summed E-state index contributed by atoms with van der Waals surface area (Å²) in [6, 6.07) is 11.0. The lowest BCUT2D eigenvalue weighted by Crippen LogP contribution is -2.45. The van der Waals surface area contributed by atoms with Crippen molar-refractivity contribution in [2.75, 3.05) is 13.2 Å². The van der Waals surface area contributed by atoms with Gasteiger partial charge in [0.05, 0.1) is 9.40 Å². The molecule has 0 aliphatic heterocycles. The molecule has 1 unspecified atom stereocenters. The van der Waals surface area contributed by atoms with Crippen LogP contribution in [0.25, 0.3) is 0 Å². The number of nitro benzene ring substituents is 1. The average Bonchev–Trinajstić information content (AvgIpc) is 2.74. The largest absolute Gasteiger partial charge is 0.484 e. The summed E-state index contributed by atoms with van der Waals surface area (Å²) in [5.41, 5.74) is 5.51. The van der Waals surface area contributed by atoms with Crippen LogP contribution in [0.15, 0.2) is 46.9 Å². The first-order valence-corrected chi connectivity index (χ1v) is 9.96. The number of hydrogen-bond donors (Lipinski definition) is 2. The third-order valence-electron chi connectivity index (χ3n) is 4.25. The van der Waals surface area contributed by atoms with E-state index in [0.29, 0.717) is 11.7 Å². The molecule has 10 heteroatoms. The van der Waals surface area contributed by atoms with Crippen LogP contribution in [0.2, 0.25) is 0 Å². The molecule has 0 spiro atoms. The molecule has 0 heterocycles. The van der Waals surface area contributed by atoms with Crippen LogP contribution in [-0.2, 0) is 9.59 Å². The van der Waals surface area contributed by atoms with Crippen molar-refractivity contribution in [3.63, 3.8) is 0 Å². The van der Waals surface area contributed by atoms with E-state index < -0.39 is 16.7 Å². The molecule has 2 aromatic carbocycles. The molecule has 0 saturated heterocycles. The van der Waals surface area contributed by atoms with Gasteiger partial charge in [-0.3, -0.25) is 30.6 Å². The summed E-state index contributed by atoms with van der Waals surface area (Å²) in [4.78, 5) is 33.7. The van der Waals surface area contributed by atoms with E-state index in [2.05, 4.69) is 40.6 Å². The van der Waals surface area contributed by atoms with Gasteiger partial charge in [-0.15, -0.1) is 0 Å². The van der Waals surface area contributed by atoms with Crippen molar-refractivity contribution in [3.8, 4) is 11.5 Å². The van der Waals surface area contributed by atoms with Crippen molar-refractivity contribution in [2.24, 2.45) is 0 Å². The first-order valence-electron chi connectivity index (χ1n) is 9.17. The van der Waals surface area contributed by atoms with Gasteiger partial charge >= 0.3 is 0 Å². The maximum Gasteiger partial charge on any atom is 0.276 e. The lowest BCUT2D eigenvalue weighted by molar-refractivity contribution is -0.384. The molecule has 0 aliphatic carbocycles. The summed E-state index contributed by atoms with van der Waals surface area (Å²) in [5.74, 6) is 0.0839. The van der Waals surface area contributed by atoms with Gasteiger partial charge in [-0.25, -0.2) is 0 Å². The molecular weight excluding hydrogens is 458 g/mol. The average molecular weight is 480 g/mol. The minimum Gasteiger partial charge on any atom is -0.484 e. The molecule has 0 saturated carbocycles. The van der Waals surface area contributed by atoms with Gasteiger partial charge in [0.25, 0.3) is 17.5 Å². The van der Waals surface area contributed by atoms with E-state index in [4.69, 9.17) is 9.47 Å². The van der Waals surface area contributed by atoms with Gasteiger partial charge in [-0.2, -0.15) is 0 Å². The molecule has 9 nitrogen and oxygen atoms in total. The summed E-state index contributed by atoms with van der Waals surface area (Å²) < 4.78 is 11.4. The van der Waals surface area contributed by atoms with E-state index in [1.54, 1.807) is 6.07 Å². The number of hydrazine groups is 1. The van der Waals surface area contributed by atoms with Crippen molar-refractivity contribution >= 4 is 33.4 Å². The normalized spacial score (nSPS) is 11.3. The van der Waals surface area contributed by atoms with Gasteiger partial charge in [0.1, 0.15) is 11.5 Å². The fourth-order valence-electron chi connectivity index (χ4n) is 2.34. The standard InChI is InChI=1S/C20H22BrN3O6/c1-3-13(2)14-4-9-18(17(21)10-14)30-12-20(26)23-22-19(25)11-29-16-7-5-15(6-8-16)24(27)28/h4-10,13H,3,11-12H2,1-2H3,(H,22,25)(H,23,26). The predicted octanol–water partition coefficient (Wildman–Crippen LogP) is 3.48. The third-order valence-corrected chi connectivity index (χ3v) is 4.87. The molecule has 2 rings (SSSR count). The van der Waals surface area contributed by atoms with E-state index in [0.717, 1.165) is 10.9 Å². The second-order valence-electron chi connectivity index (χ2n) is 6.42. The number of nitrogens with one attached hydrogen (secondary N) is 2. The molecule has 0 bridgehead atoms. The quantitative estimate of drug-likeness (QED) is 0.419. The van der Waals surface area contributed by atoms with Gasteiger partial charge < -0.3 is 9.47 Å². The Morgan fingerprint density at radius 3 is 2.20 bits per heavy atom. The Labute approximate surface area is 182 Å². The van der Waals surface area contributed by atoms with Crippen LogP contribution in [0.4, 0.5) is 5.69 Å². The van der Waals surface area contributed by atoms with Crippen LogP contribution >= 0.6 is 15.9 Å². The highest BCUT2D eigenvalue weighted by Gasteiger charge is 2.11. The van der Waals surface area contributed by atoms with E-state index in [9.17, 15) is 19.7 Å². The fourth-order valence-corrected chi connectivity index (χ4v) is 2.86. The molecule has 1 atom stereocenters. The van der Waals surface area contributed by atoms with Crippen LogP contribution < -0.4 is 20.3 Å². The molecule has 30 heavy (non-hydrogen) atoms. The summed E-state index contributed by atoms with van der Waals surface area (Å²) in [6.45, 7) is 3.58. The van der Waals surface area contributed by atoms with Crippen molar-refractivity contribution in [3.05, 3.63) is 62.6 Å². The van der Waals surface area contributed by atoms with E-state index in [-0.39, 0.29) is 24.7 Å².